The first-order chi connectivity index (χ1) is 6.16. The van der Waals surface area contributed by atoms with Gasteiger partial charge in [0.15, 0.2) is 0 Å². The zero-order valence-corrected chi connectivity index (χ0v) is 7.37. The summed E-state index contributed by atoms with van der Waals surface area (Å²) in [5.74, 6) is 2.47. The van der Waals surface area contributed by atoms with Gasteiger partial charge in [0.05, 0.1) is 12.2 Å². The van der Waals surface area contributed by atoms with Gasteiger partial charge in [-0.25, -0.2) is 0 Å². The summed E-state index contributed by atoms with van der Waals surface area (Å²) in [6.07, 6.45) is 6.68. The molecule has 1 aromatic heterocycles. The minimum atomic E-state index is -0.290. The van der Waals surface area contributed by atoms with E-state index >= 15 is 0 Å². The number of nitrogens with one attached hydrogen (secondary N) is 1. The van der Waals surface area contributed by atoms with Crippen LogP contribution in [0.25, 0.3) is 0 Å². The van der Waals surface area contributed by atoms with Crippen molar-refractivity contribution in [3.63, 3.8) is 0 Å². The lowest BCUT2D eigenvalue weighted by Crippen LogP contribution is -2.22. The Morgan fingerprint density at radius 1 is 1.77 bits per heavy atom. The number of nitrogens with two attached hydrogens (primary N) is 1. The molecule has 3 N–H and O–H groups in total. The highest BCUT2D eigenvalue weighted by Gasteiger charge is 2.05. The number of hydrogen-bond acceptors (Lipinski definition) is 3. The van der Waals surface area contributed by atoms with Gasteiger partial charge >= 0.3 is 0 Å². The Labute approximate surface area is 76.4 Å². The van der Waals surface area contributed by atoms with E-state index in [9.17, 15) is 4.79 Å². The van der Waals surface area contributed by atoms with Crippen molar-refractivity contribution in [2.75, 3.05) is 24.2 Å². The number of aromatic nitrogens is 1. The summed E-state index contributed by atoms with van der Waals surface area (Å²) >= 11 is 0. The zero-order chi connectivity index (χ0) is 9.84. The average Bonchev–Trinajstić information content (AvgIpc) is 2.10. The van der Waals surface area contributed by atoms with Crippen molar-refractivity contribution in [3.05, 3.63) is 22.6 Å². The van der Waals surface area contributed by atoms with E-state index in [4.69, 9.17) is 12.2 Å². The van der Waals surface area contributed by atoms with Crippen LogP contribution in [0.4, 0.5) is 11.4 Å². The quantitative estimate of drug-likeness (QED) is 0.626. The largest absolute Gasteiger partial charge is 0.393 e. The second kappa shape index (κ2) is 3.68. The van der Waals surface area contributed by atoms with Crippen LogP contribution in [0.5, 0.6) is 0 Å². The summed E-state index contributed by atoms with van der Waals surface area (Å²) in [6.45, 7) is 0.424. The summed E-state index contributed by atoms with van der Waals surface area (Å²) in [5.41, 5.74) is 6.12. The Morgan fingerprint density at radius 3 is 3.08 bits per heavy atom. The zero-order valence-electron chi connectivity index (χ0n) is 7.37. The number of rotatable bonds is 2. The number of hydrogen-bond donors (Lipinski definition) is 2. The molecule has 1 aromatic rings. The molecule has 1 rings (SSSR count). The third kappa shape index (κ3) is 1.82. The van der Waals surface area contributed by atoms with Crippen LogP contribution in [0.3, 0.4) is 0 Å². The van der Waals surface area contributed by atoms with Crippen molar-refractivity contribution in [1.82, 2.24) is 4.98 Å². The number of anilines is 2. The molecule has 0 fully saturated rings. The topological polar surface area (TPSA) is 62.1 Å². The third-order valence-corrected chi connectivity index (χ3v) is 1.72. The Hall–Kier alpha value is -1.89. The van der Waals surface area contributed by atoms with E-state index in [2.05, 4.69) is 10.9 Å². The lowest BCUT2D eigenvalue weighted by atomic mass is 10.3. The fourth-order valence-corrected chi connectivity index (χ4v) is 1.04. The second-order valence-electron chi connectivity index (χ2n) is 2.67. The van der Waals surface area contributed by atoms with Crippen LogP contribution in [0, 0.1) is 12.3 Å². The fraction of sp³-hybridized carbons (Fsp3) is 0.222. The number of nitrogens with zero attached hydrogens (tertiary/aromatic N) is 1. The molecule has 0 unspecified atom stereocenters. The standard InChI is InChI=1S/C9H11N3O/c1-3-6-12(2)7-4-5-11-9(13)8(7)10/h1,4-5H,6,10H2,2H3,(H,11,13). The fourth-order valence-electron chi connectivity index (χ4n) is 1.04. The van der Waals surface area contributed by atoms with Crippen LogP contribution in [0.15, 0.2) is 17.1 Å². The summed E-state index contributed by atoms with van der Waals surface area (Å²) in [7, 11) is 1.78. The second-order valence-corrected chi connectivity index (χ2v) is 2.67. The van der Waals surface area contributed by atoms with Crippen molar-refractivity contribution < 1.29 is 0 Å². The maximum Gasteiger partial charge on any atom is 0.273 e. The molecule has 0 saturated carbocycles. The molecule has 1 heterocycles. The van der Waals surface area contributed by atoms with E-state index < -0.39 is 0 Å². The van der Waals surface area contributed by atoms with Crippen LogP contribution in [-0.2, 0) is 0 Å². The van der Waals surface area contributed by atoms with Crippen molar-refractivity contribution in [2.24, 2.45) is 0 Å². The molecule has 0 aliphatic carbocycles. The lowest BCUT2D eigenvalue weighted by Gasteiger charge is -2.16. The number of pyridine rings is 1. The molecule has 4 heteroatoms. The molecular weight excluding hydrogens is 166 g/mol. The van der Waals surface area contributed by atoms with Gasteiger partial charge in [0, 0.05) is 13.2 Å². The predicted molar refractivity (Wildman–Crippen MR) is 53.6 cm³/mol. The van der Waals surface area contributed by atoms with Gasteiger partial charge in [0.25, 0.3) is 5.56 Å². The van der Waals surface area contributed by atoms with Gasteiger partial charge in [-0.15, -0.1) is 6.42 Å². The number of nitrogen functional groups attached to an aromatic ring is 1. The Balaban J connectivity index is 3.09. The number of terminal acetylenes is 1. The van der Waals surface area contributed by atoms with Gasteiger partial charge in [-0.3, -0.25) is 4.79 Å². The van der Waals surface area contributed by atoms with Crippen molar-refractivity contribution >= 4 is 11.4 Å². The predicted octanol–water partition coefficient (Wildman–Crippen LogP) is 0.0265. The molecule has 4 nitrogen and oxygen atoms in total. The van der Waals surface area contributed by atoms with Gasteiger partial charge < -0.3 is 15.6 Å². The smallest absolute Gasteiger partial charge is 0.273 e. The molecule has 0 aromatic carbocycles. The molecular formula is C9H11N3O. The van der Waals surface area contributed by atoms with E-state index in [-0.39, 0.29) is 11.2 Å². The van der Waals surface area contributed by atoms with Crippen LogP contribution >= 0.6 is 0 Å². The van der Waals surface area contributed by atoms with Crippen LogP contribution in [0.2, 0.25) is 0 Å². The minimum absolute atomic E-state index is 0.195. The van der Waals surface area contributed by atoms with Gasteiger partial charge in [0.2, 0.25) is 0 Å². The molecule has 0 bridgehead atoms. The van der Waals surface area contributed by atoms with Crippen molar-refractivity contribution in [1.29, 1.82) is 0 Å². The normalized spacial score (nSPS) is 9.23. The highest BCUT2D eigenvalue weighted by molar-refractivity contribution is 5.65. The van der Waals surface area contributed by atoms with Crippen LogP contribution < -0.4 is 16.2 Å². The van der Waals surface area contributed by atoms with Crippen molar-refractivity contribution in [3.8, 4) is 12.3 Å². The maximum absolute atomic E-state index is 11.1. The summed E-state index contributed by atoms with van der Waals surface area (Å²) in [4.78, 5) is 15.3. The Kier molecular flexibility index (Phi) is 2.60. The van der Waals surface area contributed by atoms with Crippen LogP contribution in [-0.4, -0.2) is 18.6 Å². The lowest BCUT2D eigenvalue weighted by molar-refractivity contribution is 1.04. The third-order valence-electron chi connectivity index (χ3n) is 1.72. The first kappa shape index (κ1) is 9.20. The van der Waals surface area contributed by atoms with Gasteiger partial charge in [0.1, 0.15) is 5.69 Å². The SMILES string of the molecule is C#CCN(C)c1cc[nH]c(=O)c1N. The molecule has 0 radical (unpaired) electrons. The highest BCUT2D eigenvalue weighted by atomic mass is 16.1. The molecule has 0 saturated heterocycles. The van der Waals surface area contributed by atoms with E-state index in [1.807, 2.05) is 0 Å². The maximum atomic E-state index is 11.1. The minimum Gasteiger partial charge on any atom is -0.393 e. The highest BCUT2D eigenvalue weighted by Crippen LogP contribution is 2.15. The molecule has 0 atom stereocenters. The molecule has 0 aliphatic heterocycles. The molecule has 0 aliphatic rings. The van der Waals surface area contributed by atoms with Gasteiger partial charge in [-0.1, -0.05) is 5.92 Å². The van der Waals surface area contributed by atoms with E-state index in [1.54, 1.807) is 24.2 Å². The van der Waals surface area contributed by atoms with Crippen molar-refractivity contribution in [2.45, 2.75) is 0 Å². The van der Waals surface area contributed by atoms with Gasteiger partial charge in [-0.05, 0) is 6.07 Å². The Morgan fingerprint density at radius 2 is 2.46 bits per heavy atom. The Bertz CT molecular complexity index is 389. The molecule has 13 heavy (non-hydrogen) atoms. The van der Waals surface area contributed by atoms with E-state index in [1.165, 1.54) is 0 Å². The summed E-state index contributed by atoms with van der Waals surface area (Å²) in [5, 5.41) is 0. The van der Waals surface area contributed by atoms with Gasteiger partial charge in [-0.2, -0.15) is 0 Å². The summed E-state index contributed by atoms with van der Waals surface area (Å²) < 4.78 is 0. The van der Waals surface area contributed by atoms with E-state index in [0.717, 1.165) is 0 Å². The summed E-state index contributed by atoms with van der Waals surface area (Å²) in [6, 6.07) is 1.72. The molecule has 0 spiro atoms. The first-order valence-electron chi connectivity index (χ1n) is 3.78. The molecule has 0 amide bonds. The number of aromatic amines is 1. The average molecular weight is 177 g/mol. The van der Waals surface area contributed by atoms with E-state index in [0.29, 0.717) is 12.2 Å². The first-order valence-corrected chi connectivity index (χ1v) is 3.78. The molecule has 68 valence electrons. The monoisotopic (exact) mass is 177 g/mol. The number of H-pyrrole nitrogens is 1. The van der Waals surface area contributed by atoms with Crippen LogP contribution in [0.1, 0.15) is 0 Å².